The lowest BCUT2D eigenvalue weighted by atomic mass is 10.2. The van der Waals surface area contributed by atoms with Gasteiger partial charge in [0.15, 0.2) is 9.84 Å². The highest BCUT2D eigenvalue weighted by molar-refractivity contribution is 7.92. The van der Waals surface area contributed by atoms with Gasteiger partial charge in [0, 0.05) is 25.3 Å². The van der Waals surface area contributed by atoms with Crippen LogP contribution in [0.1, 0.15) is 5.56 Å². The van der Waals surface area contributed by atoms with Gasteiger partial charge < -0.3 is 10.6 Å². The molecule has 0 radical (unpaired) electrons. The predicted molar refractivity (Wildman–Crippen MR) is 70.0 cm³/mol. The molecule has 0 saturated carbocycles. The number of rotatable bonds is 2. The molecule has 17 heavy (non-hydrogen) atoms. The third-order valence-corrected chi connectivity index (χ3v) is 5.32. The first-order valence-corrected chi connectivity index (χ1v) is 7.48. The summed E-state index contributed by atoms with van der Waals surface area (Å²) in [5, 5.41) is -0.434. The highest BCUT2D eigenvalue weighted by Crippen LogP contribution is 2.21. The van der Waals surface area contributed by atoms with Gasteiger partial charge in [-0.25, -0.2) is 8.42 Å². The minimum atomic E-state index is -2.99. The number of sulfone groups is 1. The summed E-state index contributed by atoms with van der Waals surface area (Å²) >= 11 is 0. The predicted octanol–water partition coefficient (Wildman–Crippen LogP) is 0.557. The second kappa shape index (κ2) is 4.66. The van der Waals surface area contributed by atoms with Gasteiger partial charge in [-0.3, -0.25) is 0 Å². The molecule has 1 atom stereocenters. The highest BCUT2D eigenvalue weighted by Gasteiger charge is 2.31. The normalized spacial score (nSPS) is 23.6. The van der Waals surface area contributed by atoms with Crippen LogP contribution in [0, 0.1) is 6.92 Å². The molecule has 0 spiro atoms. The van der Waals surface area contributed by atoms with Crippen molar-refractivity contribution in [3.05, 3.63) is 29.8 Å². The van der Waals surface area contributed by atoms with Gasteiger partial charge in [0.2, 0.25) is 0 Å². The standard InChI is InChI=1S/C12H18N2O2S/c1-10-3-2-4-11(7-10)14-5-6-17(15,16)12(8-13)9-14/h2-4,7,12H,5-6,8-9,13H2,1H3. The first-order valence-electron chi connectivity index (χ1n) is 5.76. The molecular formula is C12H18N2O2S. The van der Waals surface area contributed by atoms with E-state index < -0.39 is 15.1 Å². The summed E-state index contributed by atoms with van der Waals surface area (Å²) in [5.74, 6) is 0.197. The molecule has 94 valence electrons. The molecule has 1 fully saturated rings. The van der Waals surface area contributed by atoms with Gasteiger partial charge in [-0.15, -0.1) is 0 Å². The van der Waals surface area contributed by atoms with Crippen LogP contribution < -0.4 is 10.6 Å². The van der Waals surface area contributed by atoms with Crippen molar-refractivity contribution in [2.45, 2.75) is 12.2 Å². The van der Waals surface area contributed by atoms with Gasteiger partial charge in [0.1, 0.15) is 0 Å². The molecule has 0 aliphatic carbocycles. The maximum absolute atomic E-state index is 11.7. The SMILES string of the molecule is Cc1cccc(N2CCS(=O)(=O)C(CN)C2)c1. The van der Waals surface area contributed by atoms with Gasteiger partial charge in [0.25, 0.3) is 0 Å². The Labute approximate surface area is 102 Å². The van der Waals surface area contributed by atoms with Crippen LogP contribution in [0.5, 0.6) is 0 Å². The molecule has 2 rings (SSSR count). The van der Waals surface area contributed by atoms with E-state index in [-0.39, 0.29) is 12.3 Å². The second-order valence-corrected chi connectivity index (χ2v) is 6.91. The Morgan fingerprint density at radius 1 is 1.47 bits per heavy atom. The van der Waals surface area contributed by atoms with Crippen molar-refractivity contribution in [3.8, 4) is 0 Å². The molecule has 1 aromatic carbocycles. The van der Waals surface area contributed by atoms with Crippen molar-refractivity contribution >= 4 is 15.5 Å². The zero-order valence-electron chi connectivity index (χ0n) is 9.96. The summed E-state index contributed by atoms with van der Waals surface area (Å²) in [6, 6.07) is 8.11. The van der Waals surface area contributed by atoms with Crippen molar-refractivity contribution in [1.29, 1.82) is 0 Å². The maximum atomic E-state index is 11.7. The van der Waals surface area contributed by atoms with E-state index in [0.29, 0.717) is 13.1 Å². The van der Waals surface area contributed by atoms with Crippen LogP contribution in [0.25, 0.3) is 0 Å². The maximum Gasteiger partial charge on any atom is 0.157 e. The Morgan fingerprint density at radius 3 is 2.88 bits per heavy atom. The van der Waals surface area contributed by atoms with Gasteiger partial charge in [-0.1, -0.05) is 12.1 Å². The fraction of sp³-hybridized carbons (Fsp3) is 0.500. The molecule has 1 aromatic rings. The monoisotopic (exact) mass is 254 g/mol. The number of nitrogens with zero attached hydrogens (tertiary/aromatic N) is 1. The number of nitrogens with two attached hydrogens (primary N) is 1. The molecular weight excluding hydrogens is 236 g/mol. The van der Waals surface area contributed by atoms with E-state index in [9.17, 15) is 8.42 Å². The van der Waals surface area contributed by atoms with E-state index in [1.165, 1.54) is 5.56 Å². The summed E-state index contributed by atoms with van der Waals surface area (Å²) in [7, 11) is -2.99. The molecule has 2 N–H and O–H groups in total. The Balaban J connectivity index is 2.20. The van der Waals surface area contributed by atoms with Crippen LogP contribution in [0.2, 0.25) is 0 Å². The van der Waals surface area contributed by atoms with E-state index in [1.807, 2.05) is 25.1 Å². The minimum absolute atomic E-state index is 0.197. The van der Waals surface area contributed by atoms with Crippen molar-refractivity contribution in [3.63, 3.8) is 0 Å². The first kappa shape index (κ1) is 12.4. The van der Waals surface area contributed by atoms with E-state index >= 15 is 0 Å². The van der Waals surface area contributed by atoms with Crippen LogP contribution in [0.15, 0.2) is 24.3 Å². The molecule has 1 aliphatic heterocycles. The van der Waals surface area contributed by atoms with Crippen LogP contribution in [0.3, 0.4) is 0 Å². The van der Waals surface area contributed by atoms with Gasteiger partial charge >= 0.3 is 0 Å². The summed E-state index contributed by atoms with van der Waals surface area (Å²) in [6.45, 7) is 3.29. The molecule has 0 bridgehead atoms. The molecule has 4 nitrogen and oxygen atoms in total. The summed E-state index contributed by atoms with van der Waals surface area (Å²) in [4.78, 5) is 2.10. The molecule has 1 aliphatic rings. The Hall–Kier alpha value is -1.07. The third kappa shape index (κ3) is 2.61. The molecule has 0 amide bonds. The fourth-order valence-corrected chi connectivity index (χ4v) is 3.64. The van der Waals surface area contributed by atoms with Crippen molar-refractivity contribution in [1.82, 2.24) is 0 Å². The topological polar surface area (TPSA) is 63.4 Å². The average Bonchev–Trinajstić information content (AvgIpc) is 2.28. The number of anilines is 1. The van der Waals surface area contributed by atoms with E-state index in [4.69, 9.17) is 5.73 Å². The molecule has 0 aromatic heterocycles. The zero-order valence-corrected chi connectivity index (χ0v) is 10.8. The Morgan fingerprint density at radius 2 is 2.24 bits per heavy atom. The van der Waals surface area contributed by atoms with Crippen LogP contribution >= 0.6 is 0 Å². The van der Waals surface area contributed by atoms with E-state index in [2.05, 4.69) is 11.0 Å². The van der Waals surface area contributed by atoms with Crippen molar-refractivity contribution < 1.29 is 8.42 Å². The van der Waals surface area contributed by atoms with Gasteiger partial charge in [0.05, 0.1) is 11.0 Å². The van der Waals surface area contributed by atoms with E-state index in [0.717, 1.165) is 5.69 Å². The fourth-order valence-electron chi connectivity index (χ4n) is 2.14. The number of benzene rings is 1. The Kier molecular flexibility index (Phi) is 3.40. The van der Waals surface area contributed by atoms with Crippen LogP contribution in [0.4, 0.5) is 5.69 Å². The molecule has 1 saturated heterocycles. The second-order valence-electron chi connectivity index (χ2n) is 4.51. The number of aryl methyl sites for hydroxylation is 1. The first-order chi connectivity index (χ1) is 8.03. The largest absolute Gasteiger partial charge is 0.369 e. The van der Waals surface area contributed by atoms with Gasteiger partial charge in [-0.05, 0) is 24.6 Å². The summed E-state index contributed by atoms with van der Waals surface area (Å²) in [6.07, 6.45) is 0. The Bertz CT molecular complexity index is 499. The number of hydrogen-bond acceptors (Lipinski definition) is 4. The van der Waals surface area contributed by atoms with Crippen molar-refractivity contribution in [2.75, 3.05) is 30.3 Å². The van der Waals surface area contributed by atoms with Crippen LogP contribution in [-0.2, 0) is 9.84 Å². The minimum Gasteiger partial charge on any atom is -0.369 e. The van der Waals surface area contributed by atoms with Crippen LogP contribution in [-0.4, -0.2) is 39.1 Å². The number of hydrogen-bond donors (Lipinski definition) is 1. The third-order valence-electron chi connectivity index (χ3n) is 3.21. The molecule has 5 heteroatoms. The summed E-state index contributed by atoms with van der Waals surface area (Å²) < 4.78 is 23.5. The van der Waals surface area contributed by atoms with Crippen molar-refractivity contribution in [2.24, 2.45) is 5.73 Å². The van der Waals surface area contributed by atoms with E-state index in [1.54, 1.807) is 0 Å². The quantitative estimate of drug-likeness (QED) is 0.837. The lowest BCUT2D eigenvalue weighted by Gasteiger charge is -2.33. The average molecular weight is 254 g/mol. The lowest BCUT2D eigenvalue weighted by molar-refractivity contribution is 0.563. The zero-order chi connectivity index (χ0) is 12.5. The molecule has 1 unspecified atom stereocenters. The summed E-state index contributed by atoms with van der Waals surface area (Å²) in [5.41, 5.74) is 7.81. The van der Waals surface area contributed by atoms with Gasteiger partial charge in [-0.2, -0.15) is 0 Å². The highest BCUT2D eigenvalue weighted by atomic mass is 32.2. The lowest BCUT2D eigenvalue weighted by Crippen LogP contribution is -2.50. The smallest absolute Gasteiger partial charge is 0.157 e. The molecule has 1 heterocycles.